The van der Waals surface area contributed by atoms with Crippen LogP contribution in [0.15, 0.2) is 72.0 Å². The predicted molar refractivity (Wildman–Crippen MR) is 118 cm³/mol. The lowest BCUT2D eigenvalue weighted by atomic mass is 9.96. The number of guanidine groups is 1. The summed E-state index contributed by atoms with van der Waals surface area (Å²) in [5.74, 6) is 1.53. The molecule has 5 nitrogen and oxygen atoms in total. The van der Waals surface area contributed by atoms with Crippen LogP contribution in [0.5, 0.6) is 0 Å². The number of imidazole rings is 1. The van der Waals surface area contributed by atoms with Gasteiger partial charge in [0.25, 0.3) is 0 Å². The molecule has 6 heteroatoms. The van der Waals surface area contributed by atoms with Crippen molar-refractivity contribution < 1.29 is 4.39 Å². The minimum absolute atomic E-state index is 0.00781. The van der Waals surface area contributed by atoms with Gasteiger partial charge in [0, 0.05) is 37.9 Å². The van der Waals surface area contributed by atoms with Gasteiger partial charge in [0.1, 0.15) is 11.6 Å². The zero-order valence-corrected chi connectivity index (χ0v) is 17.3. The first-order valence-electron chi connectivity index (χ1n) is 10.4. The Kier molecular flexibility index (Phi) is 6.12. The molecule has 156 valence electrons. The molecule has 1 aliphatic rings. The number of aliphatic imine (C=N–C) groups is 1. The van der Waals surface area contributed by atoms with Gasteiger partial charge in [0.15, 0.2) is 5.96 Å². The molecular weight excluding hydrogens is 377 g/mol. The van der Waals surface area contributed by atoms with Crippen LogP contribution in [-0.4, -0.2) is 29.1 Å². The van der Waals surface area contributed by atoms with Crippen LogP contribution >= 0.6 is 0 Å². The van der Waals surface area contributed by atoms with E-state index in [-0.39, 0.29) is 11.2 Å². The van der Waals surface area contributed by atoms with Gasteiger partial charge < -0.3 is 15.2 Å². The molecule has 1 fully saturated rings. The summed E-state index contributed by atoms with van der Waals surface area (Å²) in [7, 11) is 1.76. The Morgan fingerprint density at radius 2 is 1.97 bits per heavy atom. The molecule has 1 aromatic heterocycles. The normalized spacial score (nSPS) is 15.1. The quantitative estimate of drug-likeness (QED) is 0.444. The molecule has 0 atom stereocenters. The molecule has 2 N–H and O–H groups in total. The van der Waals surface area contributed by atoms with E-state index in [1.807, 2.05) is 24.5 Å². The molecule has 0 amide bonds. The van der Waals surface area contributed by atoms with Gasteiger partial charge >= 0.3 is 0 Å². The van der Waals surface area contributed by atoms with Crippen molar-refractivity contribution in [1.29, 1.82) is 0 Å². The number of halogens is 1. The second-order valence-corrected chi connectivity index (χ2v) is 7.84. The van der Waals surface area contributed by atoms with Gasteiger partial charge in [-0.15, -0.1) is 0 Å². The summed E-state index contributed by atoms with van der Waals surface area (Å²) in [4.78, 5) is 8.83. The molecule has 0 radical (unpaired) electrons. The molecule has 1 heterocycles. The third-order valence-corrected chi connectivity index (χ3v) is 5.81. The van der Waals surface area contributed by atoms with Crippen LogP contribution in [0.4, 0.5) is 4.39 Å². The van der Waals surface area contributed by atoms with Gasteiger partial charge in [-0.2, -0.15) is 0 Å². The molecule has 0 spiro atoms. The molecule has 1 saturated carbocycles. The lowest BCUT2D eigenvalue weighted by Crippen LogP contribution is -2.41. The van der Waals surface area contributed by atoms with Crippen LogP contribution in [-0.2, 0) is 24.9 Å². The van der Waals surface area contributed by atoms with Gasteiger partial charge in [0.2, 0.25) is 0 Å². The standard InChI is InChI=1S/C24H28FN5/c1-26-23(29-18-24(11-12-24)20-8-5-9-21(25)16-20)28-17-22-27-13-15-30(22)14-10-19-6-3-2-4-7-19/h2-9,13,15-16H,10-12,14,17-18H2,1H3,(H2,26,28,29). The molecule has 1 aliphatic carbocycles. The summed E-state index contributed by atoms with van der Waals surface area (Å²) in [5, 5.41) is 6.76. The first-order valence-corrected chi connectivity index (χ1v) is 10.4. The maximum Gasteiger partial charge on any atom is 0.191 e. The highest BCUT2D eigenvalue weighted by molar-refractivity contribution is 5.79. The van der Waals surface area contributed by atoms with Gasteiger partial charge in [0.05, 0.1) is 6.54 Å². The number of hydrogen-bond acceptors (Lipinski definition) is 2. The Morgan fingerprint density at radius 1 is 1.13 bits per heavy atom. The van der Waals surface area contributed by atoms with E-state index in [0.717, 1.165) is 49.7 Å². The summed E-state index contributed by atoms with van der Waals surface area (Å²) in [6.07, 6.45) is 6.93. The van der Waals surface area contributed by atoms with Gasteiger partial charge in [-0.25, -0.2) is 9.37 Å². The fourth-order valence-electron chi connectivity index (χ4n) is 3.78. The SMILES string of the molecule is CN=C(NCc1nccn1CCc1ccccc1)NCC1(c2cccc(F)c2)CC1. The largest absolute Gasteiger partial charge is 0.356 e. The molecule has 3 aromatic rings. The molecule has 2 aromatic carbocycles. The van der Waals surface area contributed by atoms with E-state index in [1.165, 1.54) is 11.6 Å². The molecule has 0 saturated heterocycles. The Hall–Kier alpha value is -3.15. The van der Waals surface area contributed by atoms with E-state index in [4.69, 9.17) is 0 Å². The lowest BCUT2D eigenvalue weighted by Gasteiger charge is -2.19. The van der Waals surface area contributed by atoms with E-state index in [1.54, 1.807) is 19.2 Å². The van der Waals surface area contributed by atoms with Gasteiger partial charge in [-0.3, -0.25) is 4.99 Å². The van der Waals surface area contributed by atoms with Crippen molar-refractivity contribution >= 4 is 5.96 Å². The Bertz CT molecular complexity index is 992. The summed E-state index contributed by atoms with van der Waals surface area (Å²) >= 11 is 0. The molecule has 0 aliphatic heterocycles. The minimum atomic E-state index is -0.177. The van der Waals surface area contributed by atoms with Crippen LogP contribution in [0.2, 0.25) is 0 Å². The molecule has 4 rings (SSSR count). The smallest absolute Gasteiger partial charge is 0.191 e. The third kappa shape index (κ3) is 4.87. The third-order valence-electron chi connectivity index (χ3n) is 5.81. The number of nitrogens with zero attached hydrogens (tertiary/aromatic N) is 3. The van der Waals surface area contributed by atoms with Crippen LogP contribution in [0.25, 0.3) is 0 Å². The highest BCUT2D eigenvalue weighted by Crippen LogP contribution is 2.47. The number of aromatic nitrogens is 2. The zero-order valence-electron chi connectivity index (χ0n) is 17.3. The maximum absolute atomic E-state index is 13.6. The van der Waals surface area contributed by atoms with Crippen molar-refractivity contribution in [1.82, 2.24) is 20.2 Å². The number of nitrogens with one attached hydrogen (secondary N) is 2. The van der Waals surface area contributed by atoms with Gasteiger partial charge in [-0.1, -0.05) is 42.5 Å². The fraction of sp³-hybridized carbons (Fsp3) is 0.333. The molecular formula is C24H28FN5. The topological polar surface area (TPSA) is 54.2 Å². The van der Waals surface area contributed by atoms with E-state index in [9.17, 15) is 4.39 Å². The summed E-state index contributed by atoms with van der Waals surface area (Å²) in [6.45, 7) is 2.21. The van der Waals surface area contributed by atoms with E-state index in [2.05, 4.69) is 49.4 Å². The Labute approximate surface area is 177 Å². The van der Waals surface area contributed by atoms with Crippen molar-refractivity contribution in [3.05, 3.63) is 89.8 Å². The average molecular weight is 406 g/mol. The highest BCUT2D eigenvalue weighted by Gasteiger charge is 2.44. The highest BCUT2D eigenvalue weighted by atomic mass is 19.1. The van der Waals surface area contributed by atoms with Crippen LogP contribution in [0, 0.1) is 5.82 Å². The average Bonchev–Trinajstić information content (AvgIpc) is 3.44. The van der Waals surface area contributed by atoms with Gasteiger partial charge in [-0.05, 0) is 42.5 Å². The Balaban J connectivity index is 1.30. The fourth-order valence-corrected chi connectivity index (χ4v) is 3.78. The second kappa shape index (κ2) is 9.11. The lowest BCUT2D eigenvalue weighted by molar-refractivity contribution is 0.603. The molecule has 0 bridgehead atoms. The van der Waals surface area contributed by atoms with Crippen molar-refractivity contribution in [3.63, 3.8) is 0 Å². The first-order chi connectivity index (χ1) is 14.7. The molecule has 30 heavy (non-hydrogen) atoms. The maximum atomic E-state index is 13.6. The van der Waals surface area contributed by atoms with E-state index in [0.29, 0.717) is 6.54 Å². The van der Waals surface area contributed by atoms with Crippen molar-refractivity contribution in [2.24, 2.45) is 4.99 Å². The minimum Gasteiger partial charge on any atom is -0.356 e. The number of rotatable bonds is 8. The number of benzene rings is 2. The Morgan fingerprint density at radius 3 is 2.70 bits per heavy atom. The summed E-state index contributed by atoms with van der Waals surface area (Å²) in [5.41, 5.74) is 2.38. The zero-order chi connectivity index (χ0) is 20.8. The monoisotopic (exact) mass is 405 g/mol. The predicted octanol–water partition coefficient (Wildman–Crippen LogP) is 3.66. The summed E-state index contributed by atoms with van der Waals surface area (Å²) in [6, 6.07) is 17.4. The molecule has 0 unspecified atom stereocenters. The van der Waals surface area contributed by atoms with Crippen LogP contribution in [0.3, 0.4) is 0 Å². The van der Waals surface area contributed by atoms with Crippen molar-refractivity contribution in [3.8, 4) is 0 Å². The van der Waals surface area contributed by atoms with E-state index < -0.39 is 0 Å². The van der Waals surface area contributed by atoms with Crippen molar-refractivity contribution in [2.45, 2.75) is 37.8 Å². The second-order valence-electron chi connectivity index (χ2n) is 7.84. The van der Waals surface area contributed by atoms with E-state index >= 15 is 0 Å². The van der Waals surface area contributed by atoms with Crippen LogP contribution < -0.4 is 10.6 Å². The number of aryl methyl sites for hydroxylation is 2. The van der Waals surface area contributed by atoms with Crippen molar-refractivity contribution in [2.75, 3.05) is 13.6 Å². The summed E-state index contributed by atoms with van der Waals surface area (Å²) < 4.78 is 15.8. The van der Waals surface area contributed by atoms with Crippen LogP contribution in [0.1, 0.15) is 29.8 Å². The first kappa shape index (κ1) is 20.1. The number of hydrogen-bond donors (Lipinski definition) is 2.